The van der Waals surface area contributed by atoms with Gasteiger partial charge in [-0.15, -0.1) is 0 Å². The highest BCUT2D eigenvalue weighted by atomic mass is 19.1. The Kier molecular flexibility index (Phi) is 3.69. The third kappa shape index (κ3) is 2.38. The Morgan fingerprint density at radius 3 is 2.95 bits per heavy atom. The van der Waals surface area contributed by atoms with E-state index in [2.05, 4.69) is 5.32 Å². The molecule has 0 saturated carbocycles. The Balaban J connectivity index is 2.50. The van der Waals surface area contributed by atoms with E-state index in [-0.39, 0.29) is 17.2 Å². The second-order valence-corrected chi connectivity index (χ2v) is 4.35. The van der Waals surface area contributed by atoms with E-state index in [1.165, 1.54) is 23.1 Å². The van der Waals surface area contributed by atoms with Crippen molar-refractivity contribution >= 4 is 17.6 Å². The van der Waals surface area contributed by atoms with E-state index in [1.54, 1.807) is 0 Å². The molecule has 6 heteroatoms. The lowest BCUT2D eigenvalue weighted by Gasteiger charge is -2.37. The first-order valence-corrected chi connectivity index (χ1v) is 6.12. The standard InChI is InChI=1S/C13H15FN2O3/c1-2-10-12(17)15-6-7-16(10)11-8(13(18)19)4-3-5-9(11)14/h3-5,10H,2,6-7H2,1H3,(H,15,17)(H,18,19). The van der Waals surface area contributed by atoms with Crippen LogP contribution in [-0.4, -0.2) is 36.1 Å². The number of para-hydroxylation sites is 1. The van der Waals surface area contributed by atoms with Crippen molar-refractivity contribution in [3.8, 4) is 0 Å². The highest BCUT2D eigenvalue weighted by Gasteiger charge is 2.32. The zero-order valence-corrected chi connectivity index (χ0v) is 10.5. The van der Waals surface area contributed by atoms with Gasteiger partial charge in [0.1, 0.15) is 11.9 Å². The average molecular weight is 266 g/mol. The number of hydrogen-bond donors (Lipinski definition) is 2. The summed E-state index contributed by atoms with van der Waals surface area (Å²) in [6.45, 7) is 2.58. The van der Waals surface area contributed by atoms with Crippen molar-refractivity contribution in [3.63, 3.8) is 0 Å². The van der Waals surface area contributed by atoms with Crippen LogP contribution in [0.4, 0.5) is 10.1 Å². The number of benzene rings is 1. The van der Waals surface area contributed by atoms with Gasteiger partial charge in [-0.1, -0.05) is 13.0 Å². The third-order valence-corrected chi connectivity index (χ3v) is 3.22. The lowest BCUT2D eigenvalue weighted by molar-refractivity contribution is -0.123. The molecule has 1 aromatic carbocycles. The number of nitrogens with one attached hydrogen (secondary N) is 1. The molecule has 1 fully saturated rings. The van der Waals surface area contributed by atoms with E-state index < -0.39 is 17.8 Å². The van der Waals surface area contributed by atoms with Crippen LogP contribution in [0, 0.1) is 5.82 Å². The second kappa shape index (κ2) is 5.26. The number of piperazine rings is 1. The van der Waals surface area contributed by atoms with E-state index >= 15 is 0 Å². The van der Waals surface area contributed by atoms with E-state index in [0.29, 0.717) is 19.5 Å². The third-order valence-electron chi connectivity index (χ3n) is 3.22. The number of nitrogens with zero attached hydrogens (tertiary/aromatic N) is 1. The lowest BCUT2D eigenvalue weighted by atomic mass is 10.0. The molecular formula is C13H15FN2O3. The summed E-state index contributed by atoms with van der Waals surface area (Å²) in [6, 6.07) is 3.37. The molecule has 1 aliphatic rings. The minimum absolute atomic E-state index is 0.00306. The van der Waals surface area contributed by atoms with Gasteiger partial charge in [-0.05, 0) is 18.6 Å². The van der Waals surface area contributed by atoms with Gasteiger partial charge in [-0.2, -0.15) is 0 Å². The maximum atomic E-state index is 14.0. The summed E-state index contributed by atoms with van der Waals surface area (Å²) in [5.41, 5.74) is -0.121. The van der Waals surface area contributed by atoms with Gasteiger partial charge in [0.05, 0.1) is 11.3 Å². The van der Waals surface area contributed by atoms with Crippen LogP contribution in [0.5, 0.6) is 0 Å². The summed E-state index contributed by atoms with van der Waals surface area (Å²) < 4.78 is 14.0. The summed E-state index contributed by atoms with van der Waals surface area (Å²) in [4.78, 5) is 24.5. The van der Waals surface area contributed by atoms with E-state index in [0.717, 1.165) is 0 Å². The minimum atomic E-state index is -1.20. The highest BCUT2D eigenvalue weighted by molar-refractivity contribution is 5.96. The molecule has 1 aliphatic heterocycles. The fourth-order valence-electron chi connectivity index (χ4n) is 2.37. The Morgan fingerprint density at radius 1 is 1.58 bits per heavy atom. The van der Waals surface area contributed by atoms with Crippen molar-refractivity contribution in [3.05, 3.63) is 29.6 Å². The second-order valence-electron chi connectivity index (χ2n) is 4.35. The number of carboxylic acids is 1. The van der Waals surface area contributed by atoms with Crippen LogP contribution in [0.3, 0.4) is 0 Å². The molecule has 102 valence electrons. The van der Waals surface area contributed by atoms with Crippen LogP contribution in [0.1, 0.15) is 23.7 Å². The Hall–Kier alpha value is -2.11. The number of rotatable bonds is 3. The molecular weight excluding hydrogens is 251 g/mol. The maximum Gasteiger partial charge on any atom is 0.337 e. The summed E-state index contributed by atoms with van der Waals surface area (Å²) >= 11 is 0. The van der Waals surface area contributed by atoms with Crippen molar-refractivity contribution < 1.29 is 19.1 Å². The monoisotopic (exact) mass is 266 g/mol. The molecule has 1 aromatic rings. The molecule has 2 N–H and O–H groups in total. The predicted octanol–water partition coefficient (Wildman–Crippen LogP) is 1.24. The number of carbonyl (C=O) groups is 2. The minimum Gasteiger partial charge on any atom is -0.478 e. The fraction of sp³-hybridized carbons (Fsp3) is 0.385. The van der Waals surface area contributed by atoms with Crippen LogP contribution in [0.25, 0.3) is 0 Å². The van der Waals surface area contributed by atoms with Crippen LogP contribution in [0.15, 0.2) is 18.2 Å². The normalized spacial score (nSPS) is 19.2. The number of carbonyl (C=O) groups excluding carboxylic acids is 1. The Morgan fingerprint density at radius 2 is 2.32 bits per heavy atom. The molecule has 1 saturated heterocycles. The van der Waals surface area contributed by atoms with Crippen LogP contribution in [-0.2, 0) is 4.79 Å². The zero-order chi connectivity index (χ0) is 14.0. The van der Waals surface area contributed by atoms with E-state index in [9.17, 15) is 14.0 Å². The number of anilines is 1. The van der Waals surface area contributed by atoms with Crippen molar-refractivity contribution in [2.75, 3.05) is 18.0 Å². The molecule has 0 radical (unpaired) electrons. The summed E-state index contributed by atoms with van der Waals surface area (Å²) in [5, 5.41) is 11.9. The first kappa shape index (κ1) is 13.3. The van der Waals surface area contributed by atoms with Crippen molar-refractivity contribution in [1.82, 2.24) is 5.32 Å². The fourth-order valence-corrected chi connectivity index (χ4v) is 2.37. The van der Waals surface area contributed by atoms with Gasteiger partial charge in [0.15, 0.2) is 0 Å². The van der Waals surface area contributed by atoms with E-state index in [1.807, 2.05) is 6.92 Å². The maximum absolute atomic E-state index is 14.0. The van der Waals surface area contributed by atoms with Crippen molar-refractivity contribution in [2.45, 2.75) is 19.4 Å². The average Bonchev–Trinajstić information content (AvgIpc) is 2.38. The molecule has 1 amide bonds. The SMILES string of the molecule is CCC1C(=O)NCCN1c1c(F)cccc1C(=O)O. The quantitative estimate of drug-likeness (QED) is 0.863. The topological polar surface area (TPSA) is 69.6 Å². The molecule has 1 heterocycles. The van der Waals surface area contributed by atoms with Gasteiger partial charge in [0, 0.05) is 13.1 Å². The summed E-state index contributed by atoms with van der Waals surface area (Å²) in [5.74, 6) is -2.02. The lowest BCUT2D eigenvalue weighted by Crippen LogP contribution is -2.55. The molecule has 1 atom stereocenters. The van der Waals surface area contributed by atoms with E-state index in [4.69, 9.17) is 5.11 Å². The first-order valence-electron chi connectivity index (χ1n) is 6.12. The number of carboxylic acid groups (broad SMARTS) is 1. The summed E-state index contributed by atoms with van der Waals surface area (Å²) in [6.07, 6.45) is 0.485. The molecule has 0 bridgehead atoms. The van der Waals surface area contributed by atoms with Crippen LogP contribution < -0.4 is 10.2 Å². The van der Waals surface area contributed by atoms with Crippen LogP contribution in [0.2, 0.25) is 0 Å². The van der Waals surface area contributed by atoms with Gasteiger partial charge in [0.2, 0.25) is 5.91 Å². The number of aromatic carboxylic acids is 1. The Labute approximate surface area is 110 Å². The number of amides is 1. The predicted molar refractivity (Wildman–Crippen MR) is 67.8 cm³/mol. The molecule has 19 heavy (non-hydrogen) atoms. The van der Waals surface area contributed by atoms with Gasteiger partial charge in [-0.3, -0.25) is 4.79 Å². The first-order chi connectivity index (χ1) is 9.06. The largest absolute Gasteiger partial charge is 0.478 e. The molecule has 5 nitrogen and oxygen atoms in total. The Bertz CT molecular complexity index is 519. The number of halogens is 1. The molecule has 0 aliphatic carbocycles. The van der Waals surface area contributed by atoms with Crippen molar-refractivity contribution in [2.24, 2.45) is 0 Å². The molecule has 1 unspecified atom stereocenters. The van der Waals surface area contributed by atoms with Crippen LogP contribution >= 0.6 is 0 Å². The van der Waals surface area contributed by atoms with Crippen molar-refractivity contribution in [1.29, 1.82) is 0 Å². The molecule has 0 spiro atoms. The zero-order valence-electron chi connectivity index (χ0n) is 10.5. The summed E-state index contributed by atoms with van der Waals surface area (Å²) in [7, 11) is 0. The van der Waals surface area contributed by atoms with Gasteiger partial charge >= 0.3 is 5.97 Å². The smallest absolute Gasteiger partial charge is 0.337 e. The molecule has 0 aromatic heterocycles. The van der Waals surface area contributed by atoms with Gasteiger partial charge < -0.3 is 15.3 Å². The van der Waals surface area contributed by atoms with Gasteiger partial charge in [-0.25, -0.2) is 9.18 Å². The highest BCUT2D eigenvalue weighted by Crippen LogP contribution is 2.28. The van der Waals surface area contributed by atoms with Gasteiger partial charge in [0.25, 0.3) is 0 Å². The molecule has 2 rings (SSSR count). The number of hydrogen-bond acceptors (Lipinski definition) is 3.